The zero-order chi connectivity index (χ0) is 20.3. The molecule has 0 N–H and O–H groups in total. The number of ether oxygens (including phenoxy) is 1. The van der Waals surface area contributed by atoms with Gasteiger partial charge in [0.25, 0.3) is 5.91 Å². The minimum absolute atomic E-state index is 0.0444. The van der Waals surface area contributed by atoms with Crippen molar-refractivity contribution >= 4 is 27.7 Å². The first-order chi connectivity index (χ1) is 13.4. The predicted molar refractivity (Wildman–Crippen MR) is 106 cm³/mol. The highest BCUT2D eigenvalue weighted by Crippen LogP contribution is 2.27. The van der Waals surface area contributed by atoms with Crippen molar-refractivity contribution in [1.82, 2.24) is 9.21 Å². The molecule has 28 heavy (non-hydrogen) atoms. The van der Waals surface area contributed by atoms with Gasteiger partial charge in [0.1, 0.15) is 11.6 Å². The second-order valence-electron chi connectivity index (χ2n) is 6.22. The molecule has 2 aromatic rings. The zero-order valence-electron chi connectivity index (χ0n) is 15.6. The SMILES string of the molecule is COc1cc(SC)ccc1C(=O)N1CCN(S(=O)(=O)c2ccc(F)cc2)CC1. The molecule has 0 atom stereocenters. The fourth-order valence-electron chi connectivity index (χ4n) is 3.03. The van der Waals surface area contributed by atoms with E-state index in [1.165, 1.54) is 23.5 Å². The second-order valence-corrected chi connectivity index (χ2v) is 9.03. The van der Waals surface area contributed by atoms with Gasteiger partial charge in [0.15, 0.2) is 0 Å². The summed E-state index contributed by atoms with van der Waals surface area (Å²) in [4.78, 5) is 15.5. The van der Waals surface area contributed by atoms with Crippen LogP contribution in [0.25, 0.3) is 0 Å². The van der Waals surface area contributed by atoms with Crippen LogP contribution in [-0.4, -0.2) is 63.1 Å². The zero-order valence-corrected chi connectivity index (χ0v) is 17.2. The molecule has 150 valence electrons. The van der Waals surface area contributed by atoms with Crippen LogP contribution in [0, 0.1) is 5.82 Å². The number of halogens is 1. The molecule has 0 bridgehead atoms. The lowest BCUT2D eigenvalue weighted by atomic mass is 10.1. The maximum atomic E-state index is 13.1. The number of hydrogen-bond acceptors (Lipinski definition) is 5. The van der Waals surface area contributed by atoms with Crippen LogP contribution in [0.3, 0.4) is 0 Å². The summed E-state index contributed by atoms with van der Waals surface area (Å²) in [7, 11) is -2.20. The number of rotatable bonds is 5. The number of thioether (sulfide) groups is 1. The van der Waals surface area contributed by atoms with Gasteiger partial charge in [-0.1, -0.05) is 0 Å². The third-order valence-corrected chi connectivity index (χ3v) is 7.25. The Morgan fingerprint density at radius 1 is 1.07 bits per heavy atom. The molecule has 9 heteroatoms. The Morgan fingerprint density at radius 3 is 2.29 bits per heavy atom. The maximum absolute atomic E-state index is 13.1. The summed E-state index contributed by atoms with van der Waals surface area (Å²) >= 11 is 1.55. The Hall–Kier alpha value is -2.10. The lowest BCUT2D eigenvalue weighted by Crippen LogP contribution is -2.50. The summed E-state index contributed by atoms with van der Waals surface area (Å²) < 4.78 is 45.1. The lowest BCUT2D eigenvalue weighted by molar-refractivity contribution is 0.0694. The summed E-state index contributed by atoms with van der Waals surface area (Å²) in [5.74, 6) is -0.183. The standard InChI is InChI=1S/C19H21FN2O4S2/c1-26-18-13-15(27-2)5-8-17(18)19(23)21-9-11-22(12-10-21)28(24,25)16-6-3-14(20)4-7-16/h3-8,13H,9-12H2,1-2H3. The monoisotopic (exact) mass is 424 g/mol. The van der Waals surface area contributed by atoms with E-state index < -0.39 is 15.8 Å². The number of nitrogens with zero attached hydrogens (tertiary/aromatic N) is 2. The van der Waals surface area contributed by atoms with E-state index >= 15 is 0 Å². The van der Waals surface area contributed by atoms with Crippen LogP contribution >= 0.6 is 11.8 Å². The van der Waals surface area contributed by atoms with E-state index in [0.717, 1.165) is 17.0 Å². The van der Waals surface area contributed by atoms with E-state index in [2.05, 4.69) is 0 Å². The first-order valence-corrected chi connectivity index (χ1v) is 11.3. The molecule has 6 nitrogen and oxygen atoms in total. The number of carbonyl (C=O) groups is 1. The van der Waals surface area contributed by atoms with Crippen LogP contribution in [0.4, 0.5) is 4.39 Å². The van der Waals surface area contributed by atoms with Crippen LogP contribution in [0.1, 0.15) is 10.4 Å². The molecular weight excluding hydrogens is 403 g/mol. The topological polar surface area (TPSA) is 66.9 Å². The minimum atomic E-state index is -3.71. The average Bonchev–Trinajstić information content (AvgIpc) is 2.73. The third kappa shape index (κ3) is 4.16. The van der Waals surface area contributed by atoms with Gasteiger partial charge in [-0.15, -0.1) is 11.8 Å². The minimum Gasteiger partial charge on any atom is -0.496 e. The summed E-state index contributed by atoms with van der Waals surface area (Å²) in [6.07, 6.45) is 1.94. The van der Waals surface area contributed by atoms with E-state index in [4.69, 9.17) is 4.74 Å². The van der Waals surface area contributed by atoms with Crippen molar-refractivity contribution in [2.45, 2.75) is 9.79 Å². The number of methoxy groups -OCH3 is 1. The molecule has 3 rings (SSSR count). The molecule has 0 unspecified atom stereocenters. The van der Waals surface area contributed by atoms with Crippen molar-refractivity contribution in [2.24, 2.45) is 0 Å². The fourth-order valence-corrected chi connectivity index (χ4v) is 4.88. The van der Waals surface area contributed by atoms with Gasteiger partial charge in [0.2, 0.25) is 10.0 Å². The Labute approximate surface area is 168 Å². The Balaban J connectivity index is 1.71. The number of piperazine rings is 1. The highest BCUT2D eigenvalue weighted by atomic mass is 32.2. The van der Waals surface area contributed by atoms with Gasteiger partial charge < -0.3 is 9.64 Å². The van der Waals surface area contributed by atoms with Crippen LogP contribution in [0.2, 0.25) is 0 Å². The summed E-state index contributed by atoms with van der Waals surface area (Å²) in [6, 6.07) is 10.1. The van der Waals surface area contributed by atoms with E-state index in [9.17, 15) is 17.6 Å². The van der Waals surface area contributed by atoms with Crippen molar-refractivity contribution in [3.05, 3.63) is 53.8 Å². The van der Waals surface area contributed by atoms with Crippen LogP contribution in [-0.2, 0) is 10.0 Å². The largest absolute Gasteiger partial charge is 0.496 e. The number of hydrogen-bond donors (Lipinski definition) is 0. The van der Waals surface area contributed by atoms with Gasteiger partial charge in [-0.2, -0.15) is 4.31 Å². The van der Waals surface area contributed by atoms with Crippen molar-refractivity contribution in [3.8, 4) is 5.75 Å². The van der Waals surface area contributed by atoms with Crippen LogP contribution in [0.15, 0.2) is 52.3 Å². The molecule has 1 aliphatic heterocycles. The van der Waals surface area contributed by atoms with E-state index in [0.29, 0.717) is 11.3 Å². The molecule has 1 fully saturated rings. The van der Waals surface area contributed by atoms with Crippen molar-refractivity contribution in [1.29, 1.82) is 0 Å². The molecule has 0 spiro atoms. The average molecular weight is 425 g/mol. The highest BCUT2D eigenvalue weighted by Gasteiger charge is 2.31. The number of benzene rings is 2. The normalized spacial score (nSPS) is 15.5. The van der Waals surface area contributed by atoms with E-state index in [-0.39, 0.29) is 37.0 Å². The number of carbonyl (C=O) groups excluding carboxylic acids is 1. The molecule has 0 radical (unpaired) electrons. The predicted octanol–water partition coefficient (Wildman–Crippen LogP) is 2.70. The molecule has 1 saturated heterocycles. The van der Waals surface area contributed by atoms with Crippen molar-refractivity contribution in [3.63, 3.8) is 0 Å². The summed E-state index contributed by atoms with van der Waals surface area (Å²) in [6.45, 7) is 0.896. The van der Waals surface area contributed by atoms with Crippen molar-refractivity contribution < 1.29 is 22.3 Å². The summed E-state index contributed by atoms with van der Waals surface area (Å²) in [5.41, 5.74) is 0.454. The van der Waals surface area contributed by atoms with Gasteiger partial charge in [-0.25, -0.2) is 12.8 Å². The van der Waals surface area contributed by atoms with Crippen LogP contribution in [0.5, 0.6) is 5.75 Å². The molecule has 0 saturated carbocycles. The number of amides is 1. The smallest absolute Gasteiger partial charge is 0.257 e. The van der Waals surface area contributed by atoms with Gasteiger partial charge in [0.05, 0.1) is 17.6 Å². The highest BCUT2D eigenvalue weighted by molar-refractivity contribution is 7.98. The van der Waals surface area contributed by atoms with E-state index in [1.807, 2.05) is 18.4 Å². The Morgan fingerprint density at radius 2 is 1.71 bits per heavy atom. The molecule has 0 aromatic heterocycles. The molecule has 0 aliphatic carbocycles. The van der Waals surface area contributed by atoms with Gasteiger partial charge >= 0.3 is 0 Å². The summed E-state index contributed by atoms with van der Waals surface area (Å²) in [5, 5.41) is 0. The maximum Gasteiger partial charge on any atom is 0.257 e. The molecule has 1 heterocycles. The fraction of sp³-hybridized carbons (Fsp3) is 0.316. The van der Waals surface area contributed by atoms with Crippen LogP contribution < -0.4 is 4.74 Å². The molecule has 1 amide bonds. The lowest BCUT2D eigenvalue weighted by Gasteiger charge is -2.34. The number of sulfonamides is 1. The third-order valence-electron chi connectivity index (χ3n) is 4.62. The first kappa shape index (κ1) is 20.6. The second kappa shape index (κ2) is 8.50. The first-order valence-electron chi connectivity index (χ1n) is 8.64. The molecule has 1 aliphatic rings. The van der Waals surface area contributed by atoms with Gasteiger partial charge in [0, 0.05) is 31.1 Å². The quantitative estimate of drug-likeness (QED) is 0.691. The molecular formula is C19H21FN2O4S2. The van der Waals surface area contributed by atoms with E-state index in [1.54, 1.807) is 22.7 Å². The van der Waals surface area contributed by atoms with Crippen molar-refractivity contribution in [2.75, 3.05) is 39.5 Å². The Bertz CT molecular complexity index is 956. The Kier molecular flexibility index (Phi) is 6.26. The van der Waals surface area contributed by atoms with Gasteiger partial charge in [-0.3, -0.25) is 4.79 Å². The molecule has 2 aromatic carbocycles. The van der Waals surface area contributed by atoms with Gasteiger partial charge in [-0.05, 0) is 48.7 Å².